The van der Waals surface area contributed by atoms with Crippen molar-refractivity contribution in [3.05, 3.63) is 64.8 Å². The SMILES string of the molecule is Cc1cc(NC(=O)C2CC(=O)N(c3ccc(Cl)cc3)C2)n(-c2nc(-c3ccco3)cs2)n1. The van der Waals surface area contributed by atoms with E-state index in [1.54, 1.807) is 52.2 Å². The molecule has 4 heterocycles. The number of benzene rings is 1. The molecule has 5 rings (SSSR count). The van der Waals surface area contributed by atoms with Crippen molar-refractivity contribution in [1.82, 2.24) is 14.8 Å². The predicted octanol–water partition coefficient (Wildman–Crippen LogP) is 4.54. The van der Waals surface area contributed by atoms with Gasteiger partial charge in [-0.1, -0.05) is 11.6 Å². The van der Waals surface area contributed by atoms with Crippen LogP contribution in [0.3, 0.4) is 0 Å². The van der Waals surface area contributed by atoms with Crippen molar-refractivity contribution in [3.8, 4) is 16.6 Å². The maximum Gasteiger partial charge on any atom is 0.230 e. The molecule has 8 nitrogen and oxygen atoms in total. The molecular weight excluding hydrogens is 450 g/mol. The highest BCUT2D eigenvalue weighted by atomic mass is 35.5. The summed E-state index contributed by atoms with van der Waals surface area (Å²) in [5, 5.41) is 10.5. The molecule has 4 aromatic rings. The van der Waals surface area contributed by atoms with Crippen molar-refractivity contribution in [1.29, 1.82) is 0 Å². The molecular formula is C22H18ClN5O3S. The molecule has 1 aliphatic rings. The Balaban J connectivity index is 1.33. The molecule has 1 aromatic carbocycles. The molecule has 162 valence electrons. The number of nitrogens with zero attached hydrogens (tertiary/aromatic N) is 4. The van der Waals surface area contributed by atoms with Crippen LogP contribution in [0.25, 0.3) is 16.6 Å². The summed E-state index contributed by atoms with van der Waals surface area (Å²) < 4.78 is 7.00. The minimum Gasteiger partial charge on any atom is -0.463 e. The standard InChI is InChI=1S/C22H18ClN5O3S/c1-13-9-19(28(26-13)22-24-17(12-32-22)18-3-2-8-31-18)25-21(30)14-10-20(29)27(11-14)16-6-4-15(23)5-7-16/h2-9,12,14H,10-11H2,1H3,(H,25,30). The zero-order valence-corrected chi connectivity index (χ0v) is 18.6. The molecule has 0 radical (unpaired) electrons. The molecule has 0 spiro atoms. The van der Waals surface area contributed by atoms with Crippen molar-refractivity contribution in [2.75, 3.05) is 16.8 Å². The van der Waals surface area contributed by atoms with E-state index in [-0.39, 0.29) is 18.2 Å². The summed E-state index contributed by atoms with van der Waals surface area (Å²) in [7, 11) is 0. The summed E-state index contributed by atoms with van der Waals surface area (Å²) in [5.74, 6) is 0.356. The third kappa shape index (κ3) is 3.92. The van der Waals surface area contributed by atoms with Gasteiger partial charge in [0.05, 0.1) is 17.9 Å². The van der Waals surface area contributed by atoms with Crippen LogP contribution < -0.4 is 10.2 Å². The summed E-state index contributed by atoms with van der Waals surface area (Å²) in [4.78, 5) is 31.7. The van der Waals surface area contributed by atoms with Gasteiger partial charge in [-0.15, -0.1) is 11.3 Å². The monoisotopic (exact) mass is 467 g/mol. The first-order chi connectivity index (χ1) is 15.5. The van der Waals surface area contributed by atoms with Crippen LogP contribution in [0.4, 0.5) is 11.5 Å². The van der Waals surface area contributed by atoms with E-state index in [1.807, 2.05) is 18.4 Å². The van der Waals surface area contributed by atoms with E-state index in [9.17, 15) is 9.59 Å². The summed E-state index contributed by atoms with van der Waals surface area (Å²) in [6.45, 7) is 2.15. The number of carbonyl (C=O) groups is 2. The van der Waals surface area contributed by atoms with Gasteiger partial charge in [-0.05, 0) is 43.3 Å². The zero-order valence-electron chi connectivity index (χ0n) is 17.0. The fraction of sp³-hybridized carbons (Fsp3) is 0.182. The number of thiazole rings is 1. The van der Waals surface area contributed by atoms with Crippen molar-refractivity contribution in [2.24, 2.45) is 5.92 Å². The van der Waals surface area contributed by atoms with E-state index in [2.05, 4.69) is 15.4 Å². The van der Waals surface area contributed by atoms with Crippen molar-refractivity contribution >= 4 is 46.3 Å². The average Bonchev–Trinajstić information content (AvgIpc) is 3.55. The Morgan fingerprint density at radius 2 is 2.09 bits per heavy atom. The molecule has 0 saturated carbocycles. The molecule has 1 saturated heterocycles. The van der Waals surface area contributed by atoms with Crippen LogP contribution in [0, 0.1) is 12.8 Å². The number of furan rings is 1. The molecule has 0 aliphatic carbocycles. The molecule has 32 heavy (non-hydrogen) atoms. The molecule has 10 heteroatoms. The molecule has 1 unspecified atom stereocenters. The average molecular weight is 468 g/mol. The molecule has 2 amide bonds. The van der Waals surface area contributed by atoms with Crippen LogP contribution in [-0.4, -0.2) is 33.1 Å². The van der Waals surface area contributed by atoms with E-state index in [0.29, 0.717) is 34.0 Å². The first kappa shape index (κ1) is 20.5. The van der Waals surface area contributed by atoms with Gasteiger partial charge in [-0.3, -0.25) is 9.59 Å². The van der Waals surface area contributed by atoms with Gasteiger partial charge in [-0.25, -0.2) is 4.98 Å². The Kier molecular flexibility index (Phi) is 5.28. The number of anilines is 2. The van der Waals surface area contributed by atoms with Crippen molar-refractivity contribution < 1.29 is 14.0 Å². The number of hydrogen-bond donors (Lipinski definition) is 1. The minimum atomic E-state index is -0.475. The number of aromatic nitrogens is 3. The van der Waals surface area contributed by atoms with Gasteiger partial charge >= 0.3 is 0 Å². The zero-order chi connectivity index (χ0) is 22.2. The van der Waals surface area contributed by atoms with Crippen molar-refractivity contribution in [2.45, 2.75) is 13.3 Å². The highest BCUT2D eigenvalue weighted by molar-refractivity contribution is 7.12. The van der Waals surface area contributed by atoms with E-state index < -0.39 is 5.92 Å². The van der Waals surface area contributed by atoms with E-state index >= 15 is 0 Å². The lowest BCUT2D eigenvalue weighted by Gasteiger charge is -2.16. The number of rotatable bonds is 5. The highest BCUT2D eigenvalue weighted by Gasteiger charge is 2.35. The van der Waals surface area contributed by atoms with Gasteiger partial charge in [-0.2, -0.15) is 9.78 Å². The molecule has 0 bridgehead atoms. The molecule has 3 aromatic heterocycles. The predicted molar refractivity (Wildman–Crippen MR) is 122 cm³/mol. The first-order valence-electron chi connectivity index (χ1n) is 9.91. The Morgan fingerprint density at radius 3 is 2.84 bits per heavy atom. The number of amides is 2. The van der Waals surface area contributed by atoms with E-state index in [4.69, 9.17) is 16.0 Å². The summed E-state index contributed by atoms with van der Waals surface area (Å²) in [6, 6.07) is 12.4. The Hall–Kier alpha value is -3.43. The third-order valence-electron chi connectivity index (χ3n) is 5.16. The summed E-state index contributed by atoms with van der Waals surface area (Å²) in [6.07, 6.45) is 1.73. The lowest BCUT2D eigenvalue weighted by molar-refractivity contribution is -0.122. The van der Waals surface area contributed by atoms with E-state index in [1.165, 1.54) is 11.3 Å². The second-order valence-corrected chi connectivity index (χ2v) is 8.72. The van der Waals surface area contributed by atoms with Gasteiger partial charge in [0.15, 0.2) is 5.76 Å². The normalized spacial score (nSPS) is 16.0. The number of aryl methyl sites for hydroxylation is 1. The van der Waals surface area contributed by atoms with Crippen molar-refractivity contribution in [3.63, 3.8) is 0 Å². The second kappa shape index (κ2) is 8.25. The van der Waals surface area contributed by atoms with Crippen LogP contribution in [0.1, 0.15) is 12.1 Å². The van der Waals surface area contributed by atoms with Crippen LogP contribution in [0.5, 0.6) is 0 Å². The number of hydrogen-bond acceptors (Lipinski definition) is 6. The maximum atomic E-state index is 13.0. The van der Waals surface area contributed by atoms with Crippen LogP contribution in [0.2, 0.25) is 5.02 Å². The molecule has 1 fully saturated rings. The maximum absolute atomic E-state index is 13.0. The number of nitrogens with one attached hydrogen (secondary N) is 1. The lowest BCUT2D eigenvalue weighted by atomic mass is 10.1. The fourth-order valence-electron chi connectivity index (χ4n) is 3.62. The van der Waals surface area contributed by atoms with Gasteiger partial charge in [0, 0.05) is 35.1 Å². The largest absolute Gasteiger partial charge is 0.463 e. The van der Waals surface area contributed by atoms with Gasteiger partial charge < -0.3 is 14.6 Å². The van der Waals surface area contributed by atoms with Crippen LogP contribution >= 0.6 is 22.9 Å². The van der Waals surface area contributed by atoms with Gasteiger partial charge in [0.25, 0.3) is 0 Å². The van der Waals surface area contributed by atoms with Gasteiger partial charge in [0.1, 0.15) is 11.5 Å². The van der Waals surface area contributed by atoms with E-state index in [0.717, 1.165) is 11.4 Å². The topological polar surface area (TPSA) is 93.3 Å². The molecule has 1 atom stereocenters. The van der Waals surface area contributed by atoms with Gasteiger partial charge in [0.2, 0.25) is 16.9 Å². The van der Waals surface area contributed by atoms with Crippen LogP contribution in [0.15, 0.2) is 58.5 Å². The summed E-state index contributed by atoms with van der Waals surface area (Å²) >= 11 is 7.33. The fourth-order valence-corrected chi connectivity index (χ4v) is 4.52. The first-order valence-corrected chi connectivity index (χ1v) is 11.2. The third-order valence-corrected chi connectivity index (χ3v) is 6.23. The molecule has 1 N–H and O–H groups in total. The summed E-state index contributed by atoms with van der Waals surface area (Å²) in [5.41, 5.74) is 2.16. The molecule has 1 aliphatic heterocycles. The van der Waals surface area contributed by atoms with Crippen LogP contribution in [-0.2, 0) is 9.59 Å². The smallest absolute Gasteiger partial charge is 0.230 e. The lowest BCUT2D eigenvalue weighted by Crippen LogP contribution is -2.28. The minimum absolute atomic E-state index is 0.0971. The Labute approximate surface area is 192 Å². The second-order valence-electron chi connectivity index (χ2n) is 7.45. The number of carbonyl (C=O) groups excluding carboxylic acids is 2. The Morgan fingerprint density at radius 1 is 1.28 bits per heavy atom. The number of halogens is 1. The quantitative estimate of drug-likeness (QED) is 0.465. The Bertz CT molecular complexity index is 1280. The highest BCUT2D eigenvalue weighted by Crippen LogP contribution is 2.29.